The number of H-pyrrole nitrogens is 1. The molecule has 2 aromatic carbocycles. The molecule has 1 aliphatic rings. The van der Waals surface area contributed by atoms with E-state index in [1.54, 1.807) is 0 Å². The molecule has 0 bridgehead atoms. The maximum Gasteiger partial charge on any atom is 0.253 e. The molecule has 1 fully saturated rings. The number of aromatic nitrogens is 5. The molecule has 8 heteroatoms. The Kier molecular flexibility index (Phi) is 5.55. The summed E-state index contributed by atoms with van der Waals surface area (Å²) >= 11 is 0. The first kappa shape index (κ1) is 20.5. The topological polar surface area (TPSA) is 82.9 Å². The first-order chi connectivity index (χ1) is 15.6. The number of piperazine rings is 1. The van der Waals surface area contributed by atoms with Gasteiger partial charge in [-0.1, -0.05) is 42.0 Å². The third kappa shape index (κ3) is 4.06. The Morgan fingerprint density at radius 3 is 2.59 bits per heavy atom. The third-order valence-corrected chi connectivity index (χ3v) is 6.21. The second kappa shape index (κ2) is 8.64. The van der Waals surface area contributed by atoms with E-state index < -0.39 is 0 Å². The van der Waals surface area contributed by atoms with Crippen LogP contribution in [0.2, 0.25) is 0 Å². The molecule has 1 unspecified atom stereocenters. The van der Waals surface area contributed by atoms with Crippen molar-refractivity contribution in [1.82, 2.24) is 35.0 Å². The number of pyridine rings is 1. The second-order valence-corrected chi connectivity index (χ2v) is 8.57. The highest BCUT2D eigenvalue weighted by Crippen LogP contribution is 2.28. The van der Waals surface area contributed by atoms with Gasteiger partial charge in [-0.3, -0.25) is 9.69 Å². The SMILES string of the molecule is Cc1ccc2[nH]c(=O)c(C(c3nnnn3Cc3ccccc3)N3CCN(C)CC3)cc2c1. The second-order valence-electron chi connectivity index (χ2n) is 8.57. The van der Waals surface area contributed by atoms with Gasteiger partial charge in [0.25, 0.3) is 5.56 Å². The smallest absolute Gasteiger partial charge is 0.253 e. The van der Waals surface area contributed by atoms with Gasteiger partial charge in [0.15, 0.2) is 5.82 Å². The van der Waals surface area contributed by atoms with E-state index in [1.807, 2.05) is 41.1 Å². The Balaban J connectivity index is 1.62. The number of tetrazole rings is 1. The zero-order valence-electron chi connectivity index (χ0n) is 18.4. The minimum absolute atomic E-state index is 0.0976. The number of aryl methyl sites for hydroxylation is 1. The van der Waals surface area contributed by atoms with Crippen LogP contribution in [0, 0.1) is 6.92 Å². The fourth-order valence-corrected chi connectivity index (χ4v) is 4.40. The average Bonchev–Trinajstić information content (AvgIpc) is 3.24. The van der Waals surface area contributed by atoms with Crippen molar-refractivity contribution in [3.63, 3.8) is 0 Å². The normalized spacial score (nSPS) is 16.4. The first-order valence-electron chi connectivity index (χ1n) is 10.9. The molecule has 8 nitrogen and oxygen atoms in total. The summed E-state index contributed by atoms with van der Waals surface area (Å²) in [6, 6.07) is 17.9. The Hall–Kier alpha value is -3.36. The zero-order valence-corrected chi connectivity index (χ0v) is 18.4. The van der Waals surface area contributed by atoms with E-state index in [1.165, 1.54) is 0 Å². The van der Waals surface area contributed by atoms with Crippen LogP contribution in [0.1, 0.15) is 28.6 Å². The van der Waals surface area contributed by atoms with Gasteiger partial charge in [-0.2, -0.15) is 0 Å². The summed E-state index contributed by atoms with van der Waals surface area (Å²) in [5.41, 5.74) is 3.68. The summed E-state index contributed by atoms with van der Waals surface area (Å²) in [4.78, 5) is 21.0. The van der Waals surface area contributed by atoms with Crippen molar-refractivity contribution in [2.75, 3.05) is 33.2 Å². The van der Waals surface area contributed by atoms with Gasteiger partial charge >= 0.3 is 0 Å². The van der Waals surface area contributed by atoms with Gasteiger partial charge in [0, 0.05) is 37.3 Å². The summed E-state index contributed by atoms with van der Waals surface area (Å²) in [5, 5.41) is 13.7. The molecule has 0 spiro atoms. The number of benzene rings is 2. The molecule has 1 N–H and O–H groups in total. The molecule has 0 aliphatic carbocycles. The highest BCUT2D eigenvalue weighted by Gasteiger charge is 2.32. The Morgan fingerprint density at radius 1 is 1.03 bits per heavy atom. The van der Waals surface area contributed by atoms with Crippen LogP contribution in [0.4, 0.5) is 0 Å². The molecule has 3 heterocycles. The molecule has 32 heavy (non-hydrogen) atoms. The van der Waals surface area contributed by atoms with Crippen LogP contribution in [0.25, 0.3) is 10.9 Å². The predicted molar refractivity (Wildman–Crippen MR) is 124 cm³/mol. The van der Waals surface area contributed by atoms with Crippen molar-refractivity contribution in [2.24, 2.45) is 0 Å². The number of hydrogen-bond acceptors (Lipinski definition) is 6. The van der Waals surface area contributed by atoms with Gasteiger partial charge in [0.1, 0.15) is 6.04 Å². The molecule has 0 radical (unpaired) electrons. The maximum atomic E-state index is 13.3. The van der Waals surface area contributed by atoms with Crippen molar-refractivity contribution in [1.29, 1.82) is 0 Å². The molecule has 2 aromatic heterocycles. The Morgan fingerprint density at radius 2 is 1.81 bits per heavy atom. The van der Waals surface area contributed by atoms with E-state index in [4.69, 9.17) is 0 Å². The minimum Gasteiger partial charge on any atom is -0.322 e. The van der Waals surface area contributed by atoms with E-state index >= 15 is 0 Å². The van der Waals surface area contributed by atoms with Crippen LogP contribution in [-0.2, 0) is 6.54 Å². The van der Waals surface area contributed by atoms with Gasteiger partial charge < -0.3 is 9.88 Å². The van der Waals surface area contributed by atoms with Crippen LogP contribution in [0.3, 0.4) is 0 Å². The molecule has 1 atom stereocenters. The van der Waals surface area contributed by atoms with E-state index in [2.05, 4.69) is 62.5 Å². The molecule has 164 valence electrons. The average molecular weight is 430 g/mol. The first-order valence-corrected chi connectivity index (χ1v) is 10.9. The number of nitrogens with zero attached hydrogens (tertiary/aromatic N) is 6. The number of nitrogens with one attached hydrogen (secondary N) is 1. The number of likely N-dealkylation sites (N-methyl/N-ethyl adjacent to an activating group) is 1. The minimum atomic E-state index is -0.323. The van der Waals surface area contributed by atoms with Gasteiger partial charge in [0.05, 0.1) is 6.54 Å². The molecule has 1 aliphatic heterocycles. The van der Waals surface area contributed by atoms with Crippen LogP contribution in [0.15, 0.2) is 59.4 Å². The van der Waals surface area contributed by atoms with Gasteiger partial charge in [-0.05, 0) is 53.5 Å². The lowest BCUT2D eigenvalue weighted by Gasteiger charge is -2.37. The van der Waals surface area contributed by atoms with Crippen LogP contribution >= 0.6 is 0 Å². The monoisotopic (exact) mass is 429 g/mol. The van der Waals surface area contributed by atoms with Crippen molar-refractivity contribution < 1.29 is 0 Å². The highest BCUT2D eigenvalue weighted by molar-refractivity contribution is 5.79. The predicted octanol–water partition coefficient (Wildman–Crippen LogP) is 2.21. The van der Waals surface area contributed by atoms with Crippen molar-refractivity contribution in [2.45, 2.75) is 19.5 Å². The standard InChI is InChI=1S/C24H27N7O/c1-17-8-9-21-19(14-17)15-20(24(32)25-21)22(30-12-10-29(2)11-13-30)23-26-27-28-31(23)16-18-6-4-3-5-7-18/h3-9,14-15,22H,10-13,16H2,1-2H3,(H,25,32). The molecule has 0 saturated carbocycles. The van der Waals surface area contributed by atoms with Crippen molar-refractivity contribution in [3.05, 3.63) is 87.5 Å². The fourth-order valence-electron chi connectivity index (χ4n) is 4.40. The molecule has 4 aromatic rings. The van der Waals surface area contributed by atoms with Crippen molar-refractivity contribution in [3.8, 4) is 0 Å². The van der Waals surface area contributed by atoms with Gasteiger partial charge in [0.2, 0.25) is 0 Å². The lowest BCUT2D eigenvalue weighted by molar-refractivity contribution is 0.121. The van der Waals surface area contributed by atoms with E-state index in [-0.39, 0.29) is 11.6 Å². The van der Waals surface area contributed by atoms with Crippen LogP contribution in [-0.4, -0.2) is 68.2 Å². The maximum absolute atomic E-state index is 13.3. The number of rotatable bonds is 5. The summed E-state index contributed by atoms with van der Waals surface area (Å²) in [5.74, 6) is 0.691. The van der Waals surface area contributed by atoms with Crippen LogP contribution in [0.5, 0.6) is 0 Å². The van der Waals surface area contributed by atoms with Crippen molar-refractivity contribution >= 4 is 10.9 Å². The Bertz CT molecular complexity index is 1270. The summed E-state index contributed by atoms with van der Waals surface area (Å²) in [6.45, 7) is 6.15. The van der Waals surface area contributed by atoms with Gasteiger partial charge in [-0.25, -0.2) is 4.68 Å². The molecule has 1 saturated heterocycles. The number of aromatic amines is 1. The quantitative estimate of drug-likeness (QED) is 0.524. The number of hydrogen-bond donors (Lipinski definition) is 1. The number of fused-ring (bicyclic) bond motifs is 1. The van der Waals surface area contributed by atoms with Gasteiger partial charge in [-0.15, -0.1) is 5.10 Å². The highest BCUT2D eigenvalue weighted by atomic mass is 16.1. The van der Waals surface area contributed by atoms with E-state index in [0.717, 1.165) is 48.2 Å². The molecular weight excluding hydrogens is 402 g/mol. The van der Waals surface area contributed by atoms with E-state index in [9.17, 15) is 4.79 Å². The summed E-state index contributed by atoms with van der Waals surface area (Å²) in [6.07, 6.45) is 0. The lowest BCUT2D eigenvalue weighted by Crippen LogP contribution is -2.47. The molecular formula is C24H27N7O. The lowest BCUT2D eigenvalue weighted by atomic mass is 10.0. The van der Waals surface area contributed by atoms with E-state index in [0.29, 0.717) is 17.9 Å². The third-order valence-electron chi connectivity index (χ3n) is 6.21. The summed E-state index contributed by atoms with van der Waals surface area (Å²) < 4.78 is 1.82. The van der Waals surface area contributed by atoms with Crippen LogP contribution < -0.4 is 5.56 Å². The fraction of sp³-hybridized carbons (Fsp3) is 0.333. The summed E-state index contributed by atoms with van der Waals surface area (Å²) in [7, 11) is 2.12. The molecule has 5 rings (SSSR count). The largest absolute Gasteiger partial charge is 0.322 e. The molecule has 0 amide bonds. The zero-order chi connectivity index (χ0) is 22.1. The Labute approximate surface area is 186 Å².